The van der Waals surface area contributed by atoms with Gasteiger partial charge in [0.1, 0.15) is 30.3 Å². The van der Waals surface area contributed by atoms with E-state index in [2.05, 4.69) is 16.0 Å². The van der Waals surface area contributed by atoms with Gasteiger partial charge in [-0.25, -0.2) is 4.39 Å². The molecule has 2 aromatic carbocycles. The van der Waals surface area contributed by atoms with Crippen molar-refractivity contribution in [2.45, 2.75) is 50.4 Å². The molecule has 10 heteroatoms. The van der Waals surface area contributed by atoms with Crippen molar-refractivity contribution in [2.24, 2.45) is 5.92 Å². The number of nitrogens with zero attached hydrogens (tertiary/aromatic N) is 1. The Kier molecular flexibility index (Phi) is 9.89. The van der Waals surface area contributed by atoms with Crippen LogP contribution in [0, 0.1) is 11.7 Å². The minimum absolute atomic E-state index is 0.0920. The van der Waals surface area contributed by atoms with Gasteiger partial charge in [0, 0.05) is 32.1 Å². The Morgan fingerprint density at radius 1 is 1.07 bits per heavy atom. The number of benzene rings is 2. The van der Waals surface area contributed by atoms with Gasteiger partial charge in [-0.15, -0.1) is 0 Å². The van der Waals surface area contributed by atoms with E-state index in [1.807, 2.05) is 30.3 Å². The second kappa shape index (κ2) is 13.5. The molecule has 1 aliphatic heterocycles. The molecule has 1 fully saturated rings. The Morgan fingerprint density at radius 2 is 1.80 bits per heavy atom. The van der Waals surface area contributed by atoms with Crippen LogP contribution in [0.1, 0.15) is 30.9 Å². The summed E-state index contributed by atoms with van der Waals surface area (Å²) in [6.07, 6.45) is 4.29. The molecule has 3 amide bonds. The van der Waals surface area contributed by atoms with Gasteiger partial charge in [0.05, 0.1) is 12.1 Å². The zero-order chi connectivity index (χ0) is 28.6. The number of nitrogens with one attached hydrogen (secondary N) is 3. The number of carbonyl (C=O) groups excluding carboxylic acids is 3. The number of ether oxygens (including phenoxy) is 1. The van der Waals surface area contributed by atoms with Crippen LogP contribution >= 0.6 is 0 Å². The number of para-hydroxylation sites is 1. The van der Waals surface area contributed by atoms with Gasteiger partial charge in [-0.2, -0.15) is 0 Å². The van der Waals surface area contributed by atoms with E-state index in [4.69, 9.17) is 4.74 Å². The van der Waals surface area contributed by atoms with Gasteiger partial charge in [0.2, 0.25) is 17.7 Å². The minimum Gasteiger partial charge on any atom is -0.492 e. The van der Waals surface area contributed by atoms with Crippen LogP contribution in [0.25, 0.3) is 6.08 Å². The number of aliphatic hydroxyl groups excluding tert-OH is 1. The first-order valence-corrected chi connectivity index (χ1v) is 13.6. The predicted octanol–water partition coefficient (Wildman–Crippen LogP) is 1.65. The smallest absolute Gasteiger partial charge is 0.246 e. The summed E-state index contributed by atoms with van der Waals surface area (Å²) in [5, 5.41) is 19.4. The number of fused-ring (bicyclic) bond motifs is 1. The molecule has 1 heterocycles. The van der Waals surface area contributed by atoms with Crippen LogP contribution in [0.4, 0.5) is 4.39 Å². The standard InChI is InChI=1S/C30H37FN4O5/c1-19(36)27-29(38)34-24(18-20-9-13-23(31)14-10-20)28(37)33-15-5-7-21-6-3-4-8-25(21)40-17-16-32-26(22-11-12-22)30(39)35(27)2/h3-10,13-14,19,22,24,26-27,32,36H,11-12,15-18H2,1-2H3,(H,33,37)(H,34,38)/b7-5+/t19?,24-,26+,27+/m1/s1. The third-order valence-corrected chi connectivity index (χ3v) is 7.17. The number of aliphatic hydroxyl groups is 1. The molecule has 0 saturated heterocycles. The van der Waals surface area contributed by atoms with Crippen LogP contribution < -0.4 is 20.7 Å². The predicted molar refractivity (Wildman–Crippen MR) is 149 cm³/mol. The zero-order valence-electron chi connectivity index (χ0n) is 22.8. The largest absolute Gasteiger partial charge is 0.492 e. The molecule has 4 rings (SSSR count). The maximum Gasteiger partial charge on any atom is 0.246 e. The first-order chi connectivity index (χ1) is 19.2. The number of carbonyl (C=O) groups is 3. The Balaban J connectivity index is 1.62. The topological polar surface area (TPSA) is 120 Å². The maximum atomic E-state index is 13.6. The fourth-order valence-electron chi connectivity index (χ4n) is 4.88. The minimum atomic E-state index is -1.22. The van der Waals surface area contributed by atoms with Gasteiger partial charge in [0.15, 0.2) is 0 Å². The van der Waals surface area contributed by atoms with Crippen molar-refractivity contribution < 1.29 is 28.6 Å². The third kappa shape index (κ3) is 7.67. The van der Waals surface area contributed by atoms with E-state index < -0.39 is 41.9 Å². The number of rotatable bonds is 4. The lowest BCUT2D eigenvalue weighted by Crippen LogP contribution is -2.60. The molecule has 0 radical (unpaired) electrons. The lowest BCUT2D eigenvalue weighted by Gasteiger charge is -2.33. The number of likely N-dealkylation sites (N-methyl/N-ethyl adjacent to an activating group) is 1. The fraction of sp³-hybridized carbons (Fsp3) is 0.433. The van der Waals surface area contributed by atoms with Crippen molar-refractivity contribution in [3.05, 3.63) is 71.6 Å². The molecular formula is C30H37FN4O5. The van der Waals surface area contributed by atoms with E-state index in [9.17, 15) is 23.9 Å². The van der Waals surface area contributed by atoms with Crippen LogP contribution in [0.2, 0.25) is 0 Å². The highest BCUT2D eigenvalue weighted by Crippen LogP contribution is 2.33. The number of amides is 3. The van der Waals surface area contributed by atoms with E-state index in [-0.39, 0.29) is 24.8 Å². The van der Waals surface area contributed by atoms with Gasteiger partial charge >= 0.3 is 0 Å². The first-order valence-electron chi connectivity index (χ1n) is 13.6. The summed E-state index contributed by atoms with van der Waals surface area (Å²) in [4.78, 5) is 41.5. The van der Waals surface area contributed by atoms with Crippen LogP contribution in [0.15, 0.2) is 54.6 Å². The summed E-state index contributed by atoms with van der Waals surface area (Å²) >= 11 is 0. The molecule has 0 spiro atoms. The van der Waals surface area contributed by atoms with E-state index in [1.54, 1.807) is 18.2 Å². The average molecular weight is 553 g/mol. The van der Waals surface area contributed by atoms with E-state index in [1.165, 1.54) is 31.0 Å². The van der Waals surface area contributed by atoms with Crippen molar-refractivity contribution in [3.63, 3.8) is 0 Å². The summed E-state index contributed by atoms with van der Waals surface area (Å²) in [6.45, 7) is 2.36. The lowest BCUT2D eigenvalue weighted by molar-refractivity contribution is -0.145. The number of hydrogen-bond donors (Lipinski definition) is 4. The molecule has 1 unspecified atom stereocenters. The molecule has 9 nitrogen and oxygen atoms in total. The zero-order valence-corrected chi connectivity index (χ0v) is 22.8. The number of hydrogen-bond acceptors (Lipinski definition) is 6. The van der Waals surface area contributed by atoms with Gasteiger partial charge in [-0.3, -0.25) is 14.4 Å². The normalized spacial score (nSPS) is 24.9. The van der Waals surface area contributed by atoms with Crippen LogP contribution in [0.3, 0.4) is 0 Å². The van der Waals surface area contributed by atoms with E-state index in [0.717, 1.165) is 18.4 Å². The Labute approximate surface area is 233 Å². The molecule has 1 saturated carbocycles. The number of halogens is 1. The molecule has 40 heavy (non-hydrogen) atoms. The first kappa shape index (κ1) is 29.2. The molecular weight excluding hydrogens is 515 g/mol. The van der Waals surface area contributed by atoms with Gasteiger partial charge in [0.25, 0.3) is 0 Å². The van der Waals surface area contributed by atoms with Crippen LogP contribution in [-0.2, 0) is 20.8 Å². The summed E-state index contributed by atoms with van der Waals surface area (Å²) in [5.41, 5.74) is 1.48. The molecule has 214 valence electrons. The van der Waals surface area contributed by atoms with Crippen molar-refractivity contribution in [1.29, 1.82) is 0 Å². The molecule has 2 aliphatic rings. The maximum absolute atomic E-state index is 13.6. The second-order valence-electron chi connectivity index (χ2n) is 10.3. The summed E-state index contributed by atoms with van der Waals surface area (Å²) in [5.74, 6) is -1.03. The molecule has 2 aromatic rings. The van der Waals surface area contributed by atoms with E-state index >= 15 is 0 Å². The highest BCUT2D eigenvalue weighted by molar-refractivity contribution is 5.93. The second-order valence-corrected chi connectivity index (χ2v) is 10.3. The Morgan fingerprint density at radius 3 is 2.50 bits per heavy atom. The van der Waals surface area contributed by atoms with Crippen LogP contribution in [0.5, 0.6) is 5.75 Å². The molecule has 4 N–H and O–H groups in total. The van der Waals surface area contributed by atoms with Gasteiger partial charge in [-0.1, -0.05) is 42.5 Å². The summed E-state index contributed by atoms with van der Waals surface area (Å²) in [7, 11) is 1.49. The van der Waals surface area contributed by atoms with Crippen molar-refractivity contribution in [2.75, 3.05) is 26.7 Å². The van der Waals surface area contributed by atoms with Crippen molar-refractivity contribution in [3.8, 4) is 5.75 Å². The lowest BCUT2D eigenvalue weighted by atomic mass is 10.0. The van der Waals surface area contributed by atoms with Crippen molar-refractivity contribution >= 4 is 23.8 Å². The average Bonchev–Trinajstić information content (AvgIpc) is 3.77. The molecule has 1 aliphatic carbocycles. The van der Waals surface area contributed by atoms with Crippen molar-refractivity contribution in [1.82, 2.24) is 20.9 Å². The summed E-state index contributed by atoms with van der Waals surface area (Å²) < 4.78 is 19.5. The third-order valence-electron chi connectivity index (χ3n) is 7.17. The molecule has 4 atom stereocenters. The Bertz CT molecular complexity index is 1210. The highest BCUT2D eigenvalue weighted by Gasteiger charge is 2.41. The van der Waals surface area contributed by atoms with Gasteiger partial charge in [-0.05, 0) is 49.4 Å². The quantitative estimate of drug-likeness (QED) is 0.458. The Hall–Kier alpha value is -3.76. The van der Waals surface area contributed by atoms with Gasteiger partial charge < -0.3 is 30.7 Å². The molecule has 0 aromatic heterocycles. The summed E-state index contributed by atoms with van der Waals surface area (Å²) in [6, 6.07) is 10.4. The SMILES string of the molecule is CC(O)[C@H]1C(=O)N[C@H](Cc2ccc(F)cc2)C(=O)NC/C=C/c2ccccc2OCCN[C@@H](C2CC2)C(=O)N1C. The fourth-order valence-corrected chi connectivity index (χ4v) is 4.88. The monoisotopic (exact) mass is 552 g/mol. The highest BCUT2D eigenvalue weighted by atomic mass is 19.1. The molecule has 0 bridgehead atoms. The van der Waals surface area contributed by atoms with E-state index in [0.29, 0.717) is 24.5 Å². The van der Waals surface area contributed by atoms with Crippen LogP contribution in [-0.4, -0.2) is 78.7 Å².